The fraction of sp³-hybridized carbons (Fsp3) is 0.818. The van der Waals surface area contributed by atoms with Crippen molar-refractivity contribution in [1.82, 2.24) is 14.8 Å². The minimum atomic E-state index is 0.601. The Morgan fingerprint density at radius 2 is 2.07 bits per heavy atom. The first-order valence-corrected chi connectivity index (χ1v) is 6.08. The third-order valence-corrected chi connectivity index (χ3v) is 3.80. The van der Waals surface area contributed by atoms with Gasteiger partial charge in [-0.15, -0.1) is 0 Å². The molecule has 1 fully saturated rings. The molecule has 0 saturated heterocycles. The smallest absolute Gasteiger partial charge is 0.221 e. The van der Waals surface area contributed by atoms with Crippen LogP contribution in [0.15, 0.2) is 6.33 Å². The summed E-state index contributed by atoms with van der Waals surface area (Å²) in [7, 11) is 0. The van der Waals surface area contributed by atoms with Crippen LogP contribution in [0.2, 0.25) is 0 Å². The van der Waals surface area contributed by atoms with E-state index in [-0.39, 0.29) is 0 Å². The van der Waals surface area contributed by atoms with Gasteiger partial charge in [-0.1, -0.05) is 19.3 Å². The Morgan fingerprint density at radius 1 is 1.20 bits per heavy atom. The van der Waals surface area contributed by atoms with Crippen molar-refractivity contribution in [3.8, 4) is 0 Å². The highest BCUT2D eigenvalue weighted by Crippen LogP contribution is 2.36. The van der Waals surface area contributed by atoms with Crippen molar-refractivity contribution in [3.63, 3.8) is 0 Å². The number of aromatic nitrogens is 3. The number of nitrogens with one attached hydrogen (secondary N) is 1. The second kappa shape index (κ2) is 3.83. The predicted octanol–water partition coefficient (Wildman–Crippen LogP) is 2.22. The Bertz CT molecular complexity index is 327. The molecule has 1 N–H and O–H groups in total. The highest BCUT2D eigenvalue weighted by Gasteiger charge is 2.29. The highest BCUT2D eigenvalue weighted by atomic mass is 15.4. The first-order chi connectivity index (χ1) is 7.45. The van der Waals surface area contributed by atoms with Gasteiger partial charge in [0.2, 0.25) is 5.95 Å². The molecule has 1 aliphatic heterocycles. The van der Waals surface area contributed by atoms with E-state index in [0.717, 1.165) is 18.4 Å². The van der Waals surface area contributed by atoms with E-state index in [9.17, 15) is 0 Å². The summed E-state index contributed by atoms with van der Waals surface area (Å²) >= 11 is 0. The number of hydrogen-bond acceptors (Lipinski definition) is 3. The van der Waals surface area contributed by atoms with Gasteiger partial charge in [-0.25, -0.2) is 4.68 Å². The summed E-state index contributed by atoms with van der Waals surface area (Å²) in [6.07, 6.45) is 9.86. The fourth-order valence-corrected chi connectivity index (χ4v) is 3.03. The molecule has 4 heteroatoms. The zero-order valence-corrected chi connectivity index (χ0v) is 9.02. The average molecular weight is 206 g/mol. The van der Waals surface area contributed by atoms with E-state index in [1.54, 1.807) is 6.33 Å². The lowest BCUT2D eigenvalue weighted by atomic mass is 9.82. The molecular formula is C11H18N4. The first kappa shape index (κ1) is 9.19. The standard InChI is InChI=1S/C11H18N4/c1-2-4-9(5-3-1)10-6-7-12-11-13-8-14-15(10)11/h8-10H,1-7H2,(H,12,13,14). The van der Waals surface area contributed by atoms with E-state index in [2.05, 4.69) is 20.1 Å². The second-order valence-electron chi connectivity index (χ2n) is 4.71. The van der Waals surface area contributed by atoms with Crippen LogP contribution in [-0.4, -0.2) is 21.3 Å². The Balaban J connectivity index is 1.82. The van der Waals surface area contributed by atoms with E-state index in [4.69, 9.17) is 0 Å². The number of rotatable bonds is 1. The van der Waals surface area contributed by atoms with Gasteiger partial charge in [0.1, 0.15) is 6.33 Å². The van der Waals surface area contributed by atoms with Crippen LogP contribution >= 0.6 is 0 Å². The number of anilines is 1. The largest absolute Gasteiger partial charge is 0.354 e. The van der Waals surface area contributed by atoms with Crippen molar-refractivity contribution >= 4 is 5.95 Å². The van der Waals surface area contributed by atoms with E-state index in [1.807, 2.05) is 0 Å². The molecule has 3 rings (SSSR count). The highest BCUT2D eigenvalue weighted by molar-refractivity contribution is 5.26. The van der Waals surface area contributed by atoms with Crippen molar-refractivity contribution in [1.29, 1.82) is 0 Å². The normalized spacial score (nSPS) is 27.1. The van der Waals surface area contributed by atoms with Gasteiger partial charge in [0.25, 0.3) is 0 Å². The minimum absolute atomic E-state index is 0.601. The summed E-state index contributed by atoms with van der Waals surface area (Å²) in [5.41, 5.74) is 0. The van der Waals surface area contributed by atoms with Gasteiger partial charge >= 0.3 is 0 Å². The molecule has 0 amide bonds. The SMILES string of the molecule is c1nc2n(n1)C(C1CCCCC1)CCN2. The fourth-order valence-electron chi connectivity index (χ4n) is 3.03. The lowest BCUT2D eigenvalue weighted by Gasteiger charge is -2.33. The van der Waals surface area contributed by atoms with Gasteiger partial charge in [0.15, 0.2) is 0 Å². The molecule has 0 radical (unpaired) electrons. The van der Waals surface area contributed by atoms with E-state index < -0.39 is 0 Å². The van der Waals surface area contributed by atoms with Crippen molar-refractivity contribution in [2.75, 3.05) is 11.9 Å². The molecule has 2 aliphatic rings. The van der Waals surface area contributed by atoms with Crippen LogP contribution < -0.4 is 5.32 Å². The van der Waals surface area contributed by atoms with Gasteiger partial charge in [-0.05, 0) is 25.2 Å². The number of nitrogens with zero attached hydrogens (tertiary/aromatic N) is 3. The molecule has 1 atom stereocenters. The maximum Gasteiger partial charge on any atom is 0.221 e. The van der Waals surface area contributed by atoms with E-state index in [0.29, 0.717) is 6.04 Å². The third kappa shape index (κ3) is 1.62. The summed E-state index contributed by atoms with van der Waals surface area (Å²) < 4.78 is 2.11. The molecule has 2 heterocycles. The van der Waals surface area contributed by atoms with E-state index in [1.165, 1.54) is 38.5 Å². The molecule has 4 nitrogen and oxygen atoms in total. The average Bonchev–Trinajstić information content (AvgIpc) is 2.78. The molecule has 1 aromatic rings. The van der Waals surface area contributed by atoms with Crippen molar-refractivity contribution < 1.29 is 0 Å². The van der Waals surface area contributed by atoms with E-state index >= 15 is 0 Å². The maximum absolute atomic E-state index is 4.36. The molecule has 1 unspecified atom stereocenters. The Morgan fingerprint density at radius 3 is 2.93 bits per heavy atom. The maximum atomic E-state index is 4.36. The van der Waals surface area contributed by atoms with Gasteiger partial charge in [-0.2, -0.15) is 10.1 Å². The molecule has 15 heavy (non-hydrogen) atoms. The number of fused-ring (bicyclic) bond motifs is 1. The molecular weight excluding hydrogens is 188 g/mol. The Hall–Kier alpha value is -1.06. The second-order valence-corrected chi connectivity index (χ2v) is 4.71. The quantitative estimate of drug-likeness (QED) is 0.766. The molecule has 1 aromatic heterocycles. The zero-order valence-electron chi connectivity index (χ0n) is 9.02. The summed E-state index contributed by atoms with van der Waals surface area (Å²) in [5, 5.41) is 7.66. The molecule has 0 spiro atoms. The summed E-state index contributed by atoms with van der Waals surface area (Å²) in [6, 6.07) is 0.601. The molecule has 1 aliphatic carbocycles. The predicted molar refractivity (Wildman–Crippen MR) is 58.7 cm³/mol. The van der Waals surface area contributed by atoms with Crippen LogP contribution in [0.4, 0.5) is 5.95 Å². The summed E-state index contributed by atoms with van der Waals surface area (Å²) in [6.45, 7) is 1.06. The monoisotopic (exact) mass is 206 g/mol. The van der Waals surface area contributed by atoms with Gasteiger partial charge in [0.05, 0.1) is 6.04 Å². The van der Waals surface area contributed by atoms with Crippen LogP contribution in [0.1, 0.15) is 44.6 Å². The topological polar surface area (TPSA) is 42.7 Å². The lowest BCUT2D eigenvalue weighted by Crippen LogP contribution is -2.30. The minimum Gasteiger partial charge on any atom is -0.354 e. The number of hydrogen-bond donors (Lipinski definition) is 1. The summed E-state index contributed by atoms with van der Waals surface area (Å²) in [5.74, 6) is 1.80. The molecule has 82 valence electrons. The lowest BCUT2D eigenvalue weighted by molar-refractivity contribution is 0.222. The van der Waals surface area contributed by atoms with Crippen LogP contribution in [0.5, 0.6) is 0 Å². The Labute approximate surface area is 90.1 Å². The molecule has 0 aromatic carbocycles. The van der Waals surface area contributed by atoms with Crippen molar-refractivity contribution in [2.24, 2.45) is 5.92 Å². The third-order valence-electron chi connectivity index (χ3n) is 3.80. The van der Waals surface area contributed by atoms with Crippen LogP contribution in [0.3, 0.4) is 0 Å². The Kier molecular flexibility index (Phi) is 2.35. The van der Waals surface area contributed by atoms with Crippen LogP contribution in [-0.2, 0) is 0 Å². The first-order valence-electron chi connectivity index (χ1n) is 6.08. The van der Waals surface area contributed by atoms with Crippen LogP contribution in [0, 0.1) is 5.92 Å². The van der Waals surface area contributed by atoms with Gasteiger partial charge in [0, 0.05) is 6.54 Å². The van der Waals surface area contributed by atoms with Crippen molar-refractivity contribution in [2.45, 2.75) is 44.6 Å². The zero-order chi connectivity index (χ0) is 10.1. The molecule has 1 saturated carbocycles. The van der Waals surface area contributed by atoms with Crippen LogP contribution in [0.25, 0.3) is 0 Å². The molecule has 0 bridgehead atoms. The van der Waals surface area contributed by atoms with Gasteiger partial charge in [-0.3, -0.25) is 0 Å². The van der Waals surface area contributed by atoms with Gasteiger partial charge < -0.3 is 5.32 Å². The van der Waals surface area contributed by atoms with Crippen molar-refractivity contribution in [3.05, 3.63) is 6.33 Å². The summed E-state index contributed by atoms with van der Waals surface area (Å²) in [4.78, 5) is 4.24.